The topological polar surface area (TPSA) is 79.8 Å². The lowest BCUT2D eigenvalue weighted by Gasteiger charge is -2.32. The predicted molar refractivity (Wildman–Crippen MR) is 115 cm³/mol. The van der Waals surface area contributed by atoms with E-state index in [9.17, 15) is 9.59 Å². The summed E-state index contributed by atoms with van der Waals surface area (Å²) in [5.74, 6) is 0.699. The van der Waals surface area contributed by atoms with E-state index in [0.29, 0.717) is 45.8 Å². The molecule has 0 aliphatic carbocycles. The van der Waals surface area contributed by atoms with Gasteiger partial charge in [-0.15, -0.1) is 0 Å². The zero-order valence-electron chi connectivity index (χ0n) is 18.0. The van der Waals surface area contributed by atoms with Crippen LogP contribution >= 0.6 is 0 Å². The third-order valence-corrected chi connectivity index (χ3v) is 5.82. The second kappa shape index (κ2) is 9.34. The van der Waals surface area contributed by atoms with Crippen molar-refractivity contribution in [3.63, 3.8) is 0 Å². The molecule has 1 aromatic heterocycles. The number of hydrazone groups is 1. The largest absolute Gasteiger partial charge is 0.467 e. The summed E-state index contributed by atoms with van der Waals surface area (Å²) in [6, 6.07) is 11.7. The number of quaternary nitrogens is 1. The van der Waals surface area contributed by atoms with Crippen molar-refractivity contribution in [2.45, 2.75) is 26.3 Å². The van der Waals surface area contributed by atoms with E-state index in [4.69, 9.17) is 14.3 Å². The van der Waals surface area contributed by atoms with Gasteiger partial charge in [0.1, 0.15) is 11.8 Å². The first-order chi connectivity index (χ1) is 15.0. The Hall–Kier alpha value is -3.13. The summed E-state index contributed by atoms with van der Waals surface area (Å²) in [4.78, 5) is 28.0. The van der Waals surface area contributed by atoms with Crippen LogP contribution < -0.4 is 4.90 Å². The van der Waals surface area contributed by atoms with Gasteiger partial charge in [0.05, 0.1) is 44.8 Å². The van der Waals surface area contributed by atoms with Crippen molar-refractivity contribution >= 4 is 17.7 Å². The molecule has 1 aromatic carbocycles. The lowest BCUT2D eigenvalue weighted by molar-refractivity contribution is -0.896. The molecule has 0 saturated carbocycles. The van der Waals surface area contributed by atoms with Crippen LogP contribution in [0.4, 0.5) is 4.79 Å². The van der Waals surface area contributed by atoms with E-state index >= 15 is 0 Å². The molecule has 2 aliphatic heterocycles. The fourth-order valence-electron chi connectivity index (χ4n) is 4.06. The highest BCUT2D eigenvalue weighted by Gasteiger charge is 2.37. The Bertz CT molecular complexity index is 931. The second-order valence-electron chi connectivity index (χ2n) is 8.00. The van der Waals surface area contributed by atoms with Gasteiger partial charge in [-0.2, -0.15) is 5.10 Å². The lowest BCUT2D eigenvalue weighted by atomic mass is 10.0. The Kier molecular flexibility index (Phi) is 6.36. The number of carbonyl (C=O) groups excluding carboxylic acids is 2. The first kappa shape index (κ1) is 21.1. The highest BCUT2D eigenvalue weighted by molar-refractivity contribution is 6.03. The number of furan rings is 1. The summed E-state index contributed by atoms with van der Waals surface area (Å²) in [5.41, 5.74) is 3.09. The Morgan fingerprint density at radius 3 is 2.58 bits per heavy atom. The number of ether oxygens (including phenoxy) is 1. The molecule has 3 heterocycles. The molecule has 4 rings (SSSR count). The van der Waals surface area contributed by atoms with Gasteiger partial charge in [-0.25, -0.2) is 9.80 Å². The van der Waals surface area contributed by atoms with Crippen LogP contribution in [0.2, 0.25) is 0 Å². The summed E-state index contributed by atoms with van der Waals surface area (Å²) >= 11 is 0. The van der Waals surface area contributed by atoms with Gasteiger partial charge >= 0.3 is 6.09 Å². The number of amides is 2. The molecule has 0 unspecified atom stereocenters. The Morgan fingerprint density at radius 1 is 1.19 bits per heavy atom. The summed E-state index contributed by atoms with van der Waals surface area (Å²) in [5, 5.41) is 6.28. The number of carbonyl (C=O) groups is 2. The van der Waals surface area contributed by atoms with E-state index in [1.54, 1.807) is 23.1 Å². The Labute approximate surface area is 182 Å². The molecule has 1 atom stereocenters. The SMILES string of the molecule is CCOC(=O)N1CC[NH+](CC(=O)N2N=C(c3ccc(C)cc3)C[C@H]2c2ccco2)CC1. The quantitative estimate of drug-likeness (QED) is 0.790. The number of piperazine rings is 1. The average molecular weight is 426 g/mol. The minimum absolute atomic E-state index is 0.0388. The highest BCUT2D eigenvalue weighted by atomic mass is 16.6. The molecule has 164 valence electrons. The van der Waals surface area contributed by atoms with Crippen molar-refractivity contribution in [1.29, 1.82) is 0 Å². The standard InChI is InChI=1S/C23H28N4O4/c1-3-30-23(29)26-12-10-25(11-13-26)16-22(28)27-20(21-5-4-14-31-21)15-19(24-27)18-8-6-17(2)7-9-18/h4-9,14,20H,3,10-13,15-16H2,1-2H3/p+1/t20-/m0/s1. The zero-order valence-corrected chi connectivity index (χ0v) is 18.0. The smallest absolute Gasteiger partial charge is 0.410 e. The molecule has 8 nitrogen and oxygen atoms in total. The van der Waals surface area contributed by atoms with Gasteiger partial charge in [-0.1, -0.05) is 29.8 Å². The minimum Gasteiger partial charge on any atom is -0.467 e. The molecule has 1 saturated heterocycles. The summed E-state index contributed by atoms with van der Waals surface area (Å²) < 4.78 is 10.7. The molecule has 1 N–H and O–H groups in total. The van der Waals surface area contributed by atoms with Gasteiger partial charge in [0, 0.05) is 6.42 Å². The fraction of sp³-hybridized carbons (Fsp3) is 0.435. The molecule has 2 aromatic rings. The van der Waals surface area contributed by atoms with E-state index < -0.39 is 0 Å². The van der Waals surface area contributed by atoms with Crippen LogP contribution in [0.15, 0.2) is 52.2 Å². The molecule has 0 radical (unpaired) electrons. The maximum atomic E-state index is 13.2. The molecule has 2 amide bonds. The third kappa shape index (κ3) is 4.80. The molecule has 2 aliphatic rings. The van der Waals surface area contributed by atoms with Crippen LogP contribution in [0, 0.1) is 6.92 Å². The van der Waals surface area contributed by atoms with Gasteiger partial charge in [0.25, 0.3) is 5.91 Å². The number of benzene rings is 1. The molecule has 8 heteroatoms. The lowest BCUT2D eigenvalue weighted by Crippen LogP contribution is -3.15. The van der Waals surface area contributed by atoms with Crippen molar-refractivity contribution < 1.29 is 23.6 Å². The van der Waals surface area contributed by atoms with Gasteiger partial charge < -0.3 is 14.1 Å². The third-order valence-electron chi connectivity index (χ3n) is 5.82. The second-order valence-corrected chi connectivity index (χ2v) is 8.00. The van der Waals surface area contributed by atoms with Gasteiger partial charge in [0.15, 0.2) is 6.54 Å². The van der Waals surface area contributed by atoms with Crippen molar-refractivity contribution in [2.24, 2.45) is 5.10 Å². The molecular formula is C23H29N4O4+. The summed E-state index contributed by atoms with van der Waals surface area (Å²) in [6.45, 7) is 7.13. The number of nitrogens with one attached hydrogen (secondary N) is 1. The van der Waals surface area contributed by atoms with Gasteiger partial charge in [-0.3, -0.25) is 9.69 Å². The number of rotatable bonds is 5. The van der Waals surface area contributed by atoms with Crippen LogP contribution in [0.1, 0.15) is 36.3 Å². The normalized spacial score (nSPS) is 19.4. The zero-order chi connectivity index (χ0) is 21.8. The number of hydrogen-bond donors (Lipinski definition) is 1. The molecule has 1 fully saturated rings. The van der Waals surface area contributed by atoms with Crippen molar-refractivity contribution in [3.05, 3.63) is 59.5 Å². The van der Waals surface area contributed by atoms with E-state index in [2.05, 4.69) is 12.1 Å². The maximum absolute atomic E-state index is 13.2. The average Bonchev–Trinajstić information content (AvgIpc) is 3.45. The Morgan fingerprint density at radius 2 is 1.94 bits per heavy atom. The van der Waals surface area contributed by atoms with Crippen molar-refractivity contribution in [3.8, 4) is 0 Å². The van der Waals surface area contributed by atoms with Crippen LogP contribution in [0.5, 0.6) is 0 Å². The maximum Gasteiger partial charge on any atom is 0.410 e. The molecule has 31 heavy (non-hydrogen) atoms. The van der Waals surface area contributed by atoms with Crippen LogP contribution in [-0.4, -0.2) is 67.0 Å². The van der Waals surface area contributed by atoms with E-state index in [-0.39, 0.29) is 18.0 Å². The number of aryl methyl sites for hydroxylation is 1. The fourth-order valence-corrected chi connectivity index (χ4v) is 4.06. The monoisotopic (exact) mass is 425 g/mol. The predicted octanol–water partition coefficient (Wildman–Crippen LogP) is 1.62. The number of hydrogen-bond acceptors (Lipinski definition) is 5. The summed E-state index contributed by atoms with van der Waals surface area (Å²) in [6.07, 6.45) is 1.97. The Balaban J connectivity index is 1.44. The van der Waals surface area contributed by atoms with Gasteiger partial charge in [-0.05, 0) is 31.5 Å². The molecule has 0 spiro atoms. The van der Waals surface area contributed by atoms with Crippen LogP contribution in [-0.2, 0) is 9.53 Å². The first-order valence-corrected chi connectivity index (χ1v) is 10.8. The van der Waals surface area contributed by atoms with E-state index in [1.165, 1.54) is 5.56 Å². The molecular weight excluding hydrogens is 396 g/mol. The first-order valence-electron chi connectivity index (χ1n) is 10.8. The van der Waals surface area contributed by atoms with Crippen LogP contribution in [0.25, 0.3) is 0 Å². The van der Waals surface area contributed by atoms with E-state index in [0.717, 1.165) is 21.9 Å². The van der Waals surface area contributed by atoms with Crippen LogP contribution in [0.3, 0.4) is 0 Å². The van der Waals surface area contributed by atoms with E-state index in [1.807, 2.05) is 31.2 Å². The highest BCUT2D eigenvalue weighted by Crippen LogP contribution is 2.32. The molecule has 0 bridgehead atoms. The number of nitrogens with zero attached hydrogens (tertiary/aromatic N) is 3. The summed E-state index contributed by atoms with van der Waals surface area (Å²) in [7, 11) is 0. The van der Waals surface area contributed by atoms with Gasteiger partial charge in [0.2, 0.25) is 0 Å². The van der Waals surface area contributed by atoms with Crippen molar-refractivity contribution in [1.82, 2.24) is 9.91 Å². The minimum atomic E-state index is -0.280. The van der Waals surface area contributed by atoms with Crippen molar-refractivity contribution in [2.75, 3.05) is 39.3 Å².